The van der Waals surface area contributed by atoms with Crippen LogP contribution in [-0.4, -0.2) is 30.6 Å². The Bertz CT molecular complexity index is 194. The lowest BCUT2D eigenvalue weighted by molar-refractivity contribution is 0.112. The Labute approximate surface area is 115 Å². The zero-order chi connectivity index (χ0) is 14.0. The highest BCUT2D eigenvalue weighted by Crippen LogP contribution is 2.22. The lowest BCUT2D eigenvalue weighted by atomic mass is 9.91. The van der Waals surface area contributed by atoms with Gasteiger partial charge < -0.3 is 5.73 Å². The third-order valence-corrected chi connectivity index (χ3v) is 4.46. The highest BCUT2D eigenvalue weighted by atomic mass is 15.2. The van der Waals surface area contributed by atoms with Crippen LogP contribution in [0.2, 0.25) is 0 Å². The molecular formula is C16H36N2. The first-order valence-electron chi connectivity index (χ1n) is 7.91. The van der Waals surface area contributed by atoms with Crippen LogP contribution < -0.4 is 5.73 Å². The highest BCUT2D eigenvalue weighted by Gasteiger charge is 2.27. The summed E-state index contributed by atoms with van der Waals surface area (Å²) in [5.74, 6) is 0.765. The molecule has 2 nitrogen and oxygen atoms in total. The van der Waals surface area contributed by atoms with Gasteiger partial charge in [0.25, 0.3) is 0 Å². The first-order chi connectivity index (χ1) is 8.50. The Morgan fingerprint density at radius 3 is 2.22 bits per heavy atom. The average molecular weight is 256 g/mol. The van der Waals surface area contributed by atoms with Crippen LogP contribution in [0.15, 0.2) is 0 Å². The van der Waals surface area contributed by atoms with Crippen LogP contribution in [0.1, 0.15) is 72.6 Å². The van der Waals surface area contributed by atoms with E-state index in [2.05, 4.69) is 39.6 Å². The first kappa shape index (κ1) is 17.9. The Hall–Kier alpha value is -0.0800. The molecule has 2 heteroatoms. The van der Waals surface area contributed by atoms with Crippen LogP contribution >= 0.6 is 0 Å². The van der Waals surface area contributed by atoms with E-state index >= 15 is 0 Å². The number of hydrogen-bond donors (Lipinski definition) is 1. The molecule has 2 N–H and O–H groups in total. The molecule has 0 bridgehead atoms. The number of unbranched alkanes of at least 4 members (excludes halogenated alkanes) is 4. The van der Waals surface area contributed by atoms with Crippen molar-refractivity contribution in [3.05, 3.63) is 0 Å². The number of hydrogen-bond acceptors (Lipinski definition) is 2. The second kappa shape index (κ2) is 9.80. The van der Waals surface area contributed by atoms with Crippen LogP contribution in [0.4, 0.5) is 0 Å². The minimum atomic E-state index is 0.190. The van der Waals surface area contributed by atoms with Gasteiger partial charge in [0.2, 0.25) is 0 Å². The van der Waals surface area contributed by atoms with Gasteiger partial charge in [-0.25, -0.2) is 0 Å². The summed E-state index contributed by atoms with van der Waals surface area (Å²) < 4.78 is 0. The van der Waals surface area contributed by atoms with Gasteiger partial charge in [-0.05, 0) is 26.3 Å². The van der Waals surface area contributed by atoms with Crippen molar-refractivity contribution in [3.8, 4) is 0 Å². The second-order valence-electron chi connectivity index (χ2n) is 6.26. The lowest BCUT2D eigenvalue weighted by Gasteiger charge is -2.39. The first-order valence-corrected chi connectivity index (χ1v) is 7.91. The third-order valence-electron chi connectivity index (χ3n) is 4.46. The van der Waals surface area contributed by atoms with E-state index in [0.717, 1.165) is 12.5 Å². The van der Waals surface area contributed by atoms with Gasteiger partial charge in [0.1, 0.15) is 0 Å². The van der Waals surface area contributed by atoms with Crippen molar-refractivity contribution in [2.45, 2.75) is 78.2 Å². The predicted molar refractivity (Wildman–Crippen MR) is 82.9 cm³/mol. The van der Waals surface area contributed by atoms with Gasteiger partial charge >= 0.3 is 0 Å². The summed E-state index contributed by atoms with van der Waals surface area (Å²) in [6.45, 7) is 11.1. The van der Waals surface area contributed by atoms with Crippen LogP contribution in [-0.2, 0) is 0 Å². The van der Waals surface area contributed by atoms with Gasteiger partial charge in [-0.1, -0.05) is 59.3 Å². The van der Waals surface area contributed by atoms with Crippen LogP contribution in [0.3, 0.4) is 0 Å². The van der Waals surface area contributed by atoms with E-state index < -0.39 is 0 Å². The van der Waals surface area contributed by atoms with Gasteiger partial charge in [0, 0.05) is 18.6 Å². The molecule has 0 spiro atoms. The molecule has 0 amide bonds. The van der Waals surface area contributed by atoms with Crippen molar-refractivity contribution in [1.29, 1.82) is 0 Å². The van der Waals surface area contributed by atoms with Crippen molar-refractivity contribution in [2.75, 3.05) is 20.1 Å². The Balaban J connectivity index is 4.07. The van der Waals surface area contributed by atoms with Crippen molar-refractivity contribution in [2.24, 2.45) is 11.7 Å². The molecular weight excluding hydrogens is 220 g/mol. The maximum atomic E-state index is 6.02. The minimum absolute atomic E-state index is 0.190. The van der Waals surface area contributed by atoms with E-state index in [4.69, 9.17) is 5.73 Å². The number of rotatable bonds is 11. The number of likely N-dealkylation sites (N-methyl/N-ethyl adjacent to an activating group) is 1. The highest BCUT2D eigenvalue weighted by molar-refractivity contribution is 4.86. The van der Waals surface area contributed by atoms with Gasteiger partial charge in [-0.3, -0.25) is 4.90 Å². The maximum Gasteiger partial charge on any atom is 0.0300 e. The van der Waals surface area contributed by atoms with Crippen LogP contribution in [0.5, 0.6) is 0 Å². The zero-order valence-corrected chi connectivity index (χ0v) is 13.5. The quantitative estimate of drug-likeness (QED) is 0.565. The smallest absolute Gasteiger partial charge is 0.0300 e. The van der Waals surface area contributed by atoms with Gasteiger partial charge in [0.15, 0.2) is 0 Å². The average Bonchev–Trinajstić information content (AvgIpc) is 2.37. The fraction of sp³-hybridized carbons (Fsp3) is 1.00. The molecule has 110 valence electrons. The number of nitrogens with zero attached hydrogens (tertiary/aromatic N) is 1. The molecule has 0 aliphatic heterocycles. The topological polar surface area (TPSA) is 29.3 Å². The fourth-order valence-corrected chi connectivity index (χ4v) is 2.38. The van der Waals surface area contributed by atoms with E-state index in [1.165, 1.54) is 51.5 Å². The van der Waals surface area contributed by atoms with E-state index in [1.54, 1.807) is 0 Å². The standard InChI is InChI=1S/C16H36N2/c1-6-8-9-10-11-12-16(4,14-17)18(5)13-15(3)7-2/h15H,6-14,17H2,1-5H3. The third kappa shape index (κ3) is 6.75. The van der Waals surface area contributed by atoms with Crippen LogP contribution in [0.25, 0.3) is 0 Å². The molecule has 0 fully saturated rings. The normalized spacial score (nSPS) is 16.8. The molecule has 18 heavy (non-hydrogen) atoms. The molecule has 0 saturated carbocycles. The molecule has 2 atom stereocenters. The molecule has 0 radical (unpaired) electrons. The summed E-state index contributed by atoms with van der Waals surface area (Å²) in [5.41, 5.74) is 6.21. The zero-order valence-electron chi connectivity index (χ0n) is 13.5. The summed E-state index contributed by atoms with van der Waals surface area (Å²) in [4.78, 5) is 2.49. The van der Waals surface area contributed by atoms with E-state index in [-0.39, 0.29) is 5.54 Å². The minimum Gasteiger partial charge on any atom is -0.329 e. The molecule has 0 saturated heterocycles. The Morgan fingerprint density at radius 1 is 1.11 bits per heavy atom. The monoisotopic (exact) mass is 256 g/mol. The molecule has 0 heterocycles. The molecule has 0 aromatic carbocycles. The number of nitrogens with two attached hydrogens (primary N) is 1. The molecule has 0 aliphatic carbocycles. The predicted octanol–water partition coefficient (Wildman–Crippen LogP) is 4.04. The van der Waals surface area contributed by atoms with Gasteiger partial charge in [-0.15, -0.1) is 0 Å². The van der Waals surface area contributed by atoms with E-state index in [9.17, 15) is 0 Å². The summed E-state index contributed by atoms with van der Waals surface area (Å²) in [5, 5.41) is 0. The Kier molecular flexibility index (Phi) is 9.76. The molecule has 2 unspecified atom stereocenters. The lowest BCUT2D eigenvalue weighted by Crippen LogP contribution is -2.51. The maximum absolute atomic E-state index is 6.02. The largest absolute Gasteiger partial charge is 0.329 e. The second-order valence-corrected chi connectivity index (χ2v) is 6.26. The molecule has 0 aliphatic rings. The van der Waals surface area contributed by atoms with Crippen molar-refractivity contribution >= 4 is 0 Å². The van der Waals surface area contributed by atoms with E-state index in [1.807, 2.05) is 0 Å². The Morgan fingerprint density at radius 2 is 1.72 bits per heavy atom. The molecule has 0 rings (SSSR count). The van der Waals surface area contributed by atoms with Crippen LogP contribution in [0, 0.1) is 5.92 Å². The summed E-state index contributed by atoms with van der Waals surface area (Å²) in [7, 11) is 2.24. The van der Waals surface area contributed by atoms with Gasteiger partial charge in [0.05, 0.1) is 0 Å². The summed E-state index contributed by atoms with van der Waals surface area (Å²) in [6.07, 6.45) is 9.25. The fourth-order valence-electron chi connectivity index (χ4n) is 2.38. The SMILES string of the molecule is CCCCCCCC(C)(CN)N(C)CC(C)CC. The van der Waals surface area contributed by atoms with Gasteiger partial charge in [-0.2, -0.15) is 0 Å². The van der Waals surface area contributed by atoms with Crippen molar-refractivity contribution in [3.63, 3.8) is 0 Å². The summed E-state index contributed by atoms with van der Waals surface area (Å²) >= 11 is 0. The molecule has 0 aromatic heterocycles. The van der Waals surface area contributed by atoms with E-state index in [0.29, 0.717) is 0 Å². The van der Waals surface area contributed by atoms with Crippen molar-refractivity contribution in [1.82, 2.24) is 4.90 Å². The molecule has 0 aromatic rings. The summed E-state index contributed by atoms with van der Waals surface area (Å²) in [6, 6.07) is 0. The van der Waals surface area contributed by atoms with Crippen molar-refractivity contribution < 1.29 is 0 Å².